The fraction of sp³-hybridized carbons (Fsp3) is 0.357. The normalized spacial score (nSPS) is 12.6. The molecule has 1 aliphatic carbocycles. The van der Waals surface area contributed by atoms with Crippen molar-refractivity contribution in [1.29, 1.82) is 0 Å². The van der Waals surface area contributed by atoms with Gasteiger partial charge in [0, 0.05) is 5.56 Å². The summed E-state index contributed by atoms with van der Waals surface area (Å²) >= 11 is 0. The van der Waals surface area contributed by atoms with E-state index in [2.05, 4.69) is 10.6 Å². The summed E-state index contributed by atoms with van der Waals surface area (Å²) in [4.78, 5) is 33.4. The van der Waals surface area contributed by atoms with Gasteiger partial charge < -0.3 is 15.7 Å². The van der Waals surface area contributed by atoms with Crippen molar-refractivity contribution in [2.24, 2.45) is 0 Å². The summed E-state index contributed by atoms with van der Waals surface area (Å²) in [6.45, 7) is -0.684. The second-order valence-corrected chi connectivity index (χ2v) is 4.69. The first-order chi connectivity index (χ1) is 9.56. The van der Waals surface area contributed by atoms with Crippen LogP contribution in [0.25, 0.3) is 0 Å². The standard InChI is InChI=1S/C14H16N2O4/c17-12(15-8-13(18)19)7-16-14(20)11-5-4-9-2-1-3-10(9)6-11/h4-6H,1-3,7-8H2,(H,15,17)(H,16,20)(H,18,19). The molecule has 3 N–H and O–H groups in total. The number of nitrogens with one attached hydrogen (secondary N) is 2. The fourth-order valence-corrected chi connectivity index (χ4v) is 2.21. The topological polar surface area (TPSA) is 95.5 Å². The molecule has 1 aromatic rings. The molecule has 6 heteroatoms. The van der Waals surface area contributed by atoms with Gasteiger partial charge >= 0.3 is 5.97 Å². The molecular formula is C14H16N2O4. The number of carbonyl (C=O) groups excluding carboxylic acids is 2. The summed E-state index contributed by atoms with van der Waals surface area (Å²) in [5, 5.41) is 13.1. The lowest BCUT2D eigenvalue weighted by Gasteiger charge is -2.07. The molecule has 2 amide bonds. The van der Waals surface area contributed by atoms with E-state index in [9.17, 15) is 14.4 Å². The number of amides is 2. The van der Waals surface area contributed by atoms with E-state index in [1.54, 1.807) is 6.07 Å². The average Bonchev–Trinajstić information content (AvgIpc) is 2.89. The zero-order valence-corrected chi connectivity index (χ0v) is 10.9. The van der Waals surface area contributed by atoms with Crippen LogP contribution in [0.1, 0.15) is 27.9 Å². The summed E-state index contributed by atoms with van der Waals surface area (Å²) in [5.41, 5.74) is 2.99. The third kappa shape index (κ3) is 3.57. The molecule has 0 unspecified atom stereocenters. The molecule has 1 aliphatic rings. The Labute approximate surface area is 116 Å². The number of rotatable bonds is 5. The molecule has 0 aromatic heterocycles. The van der Waals surface area contributed by atoms with E-state index in [1.165, 1.54) is 11.1 Å². The van der Waals surface area contributed by atoms with Crippen molar-refractivity contribution >= 4 is 17.8 Å². The molecule has 0 spiro atoms. The van der Waals surface area contributed by atoms with Gasteiger partial charge in [-0.25, -0.2) is 0 Å². The molecule has 0 radical (unpaired) electrons. The van der Waals surface area contributed by atoms with Gasteiger partial charge in [-0.3, -0.25) is 14.4 Å². The Morgan fingerprint density at radius 3 is 2.55 bits per heavy atom. The number of carboxylic acids is 1. The van der Waals surface area contributed by atoms with Crippen molar-refractivity contribution in [3.8, 4) is 0 Å². The van der Waals surface area contributed by atoms with Crippen LogP contribution >= 0.6 is 0 Å². The Morgan fingerprint density at radius 2 is 1.80 bits per heavy atom. The van der Waals surface area contributed by atoms with Gasteiger partial charge in [0.2, 0.25) is 5.91 Å². The van der Waals surface area contributed by atoms with E-state index >= 15 is 0 Å². The van der Waals surface area contributed by atoms with Crippen molar-refractivity contribution in [1.82, 2.24) is 10.6 Å². The van der Waals surface area contributed by atoms with Crippen LogP contribution < -0.4 is 10.6 Å². The number of carboxylic acid groups (broad SMARTS) is 1. The number of fused-ring (bicyclic) bond motifs is 1. The van der Waals surface area contributed by atoms with Crippen LogP contribution in [0.4, 0.5) is 0 Å². The predicted octanol–water partition coefficient (Wildman–Crippen LogP) is 0.106. The smallest absolute Gasteiger partial charge is 0.322 e. The lowest BCUT2D eigenvalue weighted by Crippen LogP contribution is -2.39. The molecule has 0 aliphatic heterocycles. The molecule has 0 bridgehead atoms. The molecule has 0 saturated carbocycles. The zero-order chi connectivity index (χ0) is 14.5. The molecule has 106 valence electrons. The molecule has 0 heterocycles. The highest BCUT2D eigenvalue weighted by Gasteiger charge is 2.14. The maximum Gasteiger partial charge on any atom is 0.322 e. The number of aliphatic carboxylic acids is 1. The molecule has 0 saturated heterocycles. The second kappa shape index (κ2) is 6.18. The quantitative estimate of drug-likeness (QED) is 0.711. The summed E-state index contributed by atoms with van der Waals surface area (Å²) in [6, 6.07) is 5.54. The summed E-state index contributed by atoms with van der Waals surface area (Å²) < 4.78 is 0. The van der Waals surface area contributed by atoms with Gasteiger partial charge in [-0.1, -0.05) is 6.07 Å². The van der Waals surface area contributed by atoms with Gasteiger partial charge in [0.15, 0.2) is 0 Å². The number of carbonyl (C=O) groups is 3. The van der Waals surface area contributed by atoms with Crippen LogP contribution in [0.3, 0.4) is 0 Å². The third-order valence-electron chi connectivity index (χ3n) is 3.21. The summed E-state index contributed by atoms with van der Waals surface area (Å²) in [5.74, 6) is -1.98. The van der Waals surface area contributed by atoms with Crippen LogP contribution in [0.5, 0.6) is 0 Å². The molecule has 2 rings (SSSR count). The summed E-state index contributed by atoms with van der Waals surface area (Å²) in [6.07, 6.45) is 3.14. The molecular weight excluding hydrogens is 260 g/mol. The van der Waals surface area contributed by atoms with E-state index in [0.717, 1.165) is 19.3 Å². The molecule has 0 fully saturated rings. The van der Waals surface area contributed by atoms with E-state index < -0.39 is 18.4 Å². The fourth-order valence-electron chi connectivity index (χ4n) is 2.21. The van der Waals surface area contributed by atoms with Gasteiger partial charge in [0.05, 0.1) is 6.54 Å². The lowest BCUT2D eigenvalue weighted by atomic mass is 10.1. The highest BCUT2D eigenvalue weighted by Crippen LogP contribution is 2.22. The Morgan fingerprint density at radius 1 is 1.05 bits per heavy atom. The average molecular weight is 276 g/mol. The second-order valence-electron chi connectivity index (χ2n) is 4.69. The van der Waals surface area contributed by atoms with E-state index in [4.69, 9.17) is 5.11 Å². The highest BCUT2D eigenvalue weighted by molar-refractivity contribution is 5.97. The maximum atomic E-state index is 11.9. The Balaban J connectivity index is 1.86. The van der Waals surface area contributed by atoms with E-state index in [0.29, 0.717) is 5.56 Å². The van der Waals surface area contributed by atoms with Gasteiger partial charge in [0.25, 0.3) is 5.91 Å². The number of hydrogen-bond acceptors (Lipinski definition) is 3. The SMILES string of the molecule is O=C(O)CNC(=O)CNC(=O)c1ccc2c(c1)CCC2. The predicted molar refractivity (Wildman–Crippen MR) is 71.4 cm³/mol. The minimum Gasteiger partial charge on any atom is -0.480 e. The molecule has 0 atom stereocenters. The van der Waals surface area contributed by atoms with Crippen LogP contribution in [-0.2, 0) is 22.4 Å². The molecule has 6 nitrogen and oxygen atoms in total. The Kier molecular flexibility index (Phi) is 4.34. The van der Waals surface area contributed by atoms with Gasteiger partial charge in [-0.05, 0) is 42.5 Å². The van der Waals surface area contributed by atoms with Crippen molar-refractivity contribution in [3.05, 3.63) is 34.9 Å². The first-order valence-corrected chi connectivity index (χ1v) is 6.45. The van der Waals surface area contributed by atoms with E-state index in [-0.39, 0.29) is 12.5 Å². The van der Waals surface area contributed by atoms with Gasteiger partial charge in [-0.2, -0.15) is 0 Å². The molecule has 20 heavy (non-hydrogen) atoms. The Hall–Kier alpha value is -2.37. The molecule has 1 aromatic carbocycles. The zero-order valence-electron chi connectivity index (χ0n) is 10.9. The largest absolute Gasteiger partial charge is 0.480 e. The number of hydrogen-bond donors (Lipinski definition) is 3. The van der Waals surface area contributed by atoms with Gasteiger partial charge in [-0.15, -0.1) is 0 Å². The van der Waals surface area contributed by atoms with Crippen molar-refractivity contribution in [2.75, 3.05) is 13.1 Å². The lowest BCUT2D eigenvalue weighted by molar-refractivity contribution is -0.137. The van der Waals surface area contributed by atoms with E-state index in [1.807, 2.05) is 12.1 Å². The first-order valence-electron chi connectivity index (χ1n) is 6.45. The number of aryl methyl sites for hydroxylation is 2. The monoisotopic (exact) mass is 276 g/mol. The first kappa shape index (κ1) is 14.0. The van der Waals surface area contributed by atoms with Crippen molar-refractivity contribution in [2.45, 2.75) is 19.3 Å². The highest BCUT2D eigenvalue weighted by atomic mass is 16.4. The minimum atomic E-state index is -1.12. The van der Waals surface area contributed by atoms with Gasteiger partial charge in [0.1, 0.15) is 6.54 Å². The van der Waals surface area contributed by atoms with Crippen LogP contribution in [0.15, 0.2) is 18.2 Å². The number of benzene rings is 1. The van der Waals surface area contributed by atoms with Crippen molar-refractivity contribution < 1.29 is 19.5 Å². The third-order valence-corrected chi connectivity index (χ3v) is 3.21. The van der Waals surface area contributed by atoms with Crippen LogP contribution in [0, 0.1) is 0 Å². The maximum absolute atomic E-state index is 11.9. The van der Waals surface area contributed by atoms with Crippen molar-refractivity contribution in [3.63, 3.8) is 0 Å². The Bertz CT molecular complexity index is 554. The van der Waals surface area contributed by atoms with Crippen LogP contribution in [0.2, 0.25) is 0 Å². The summed E-state index contributed by atoms with van der Waals surface area (Å²) in [7, 11) is 0. The van der Waals surface area contributed by atoms with Crippen LogP contribution in [-0.4, -0.2) is 36.0 Å². The minimum absolute atomic E-state index is 0.233.